The second-order valence-electron chi connectivity index (χ2n) is 7.27. The van der Waals surface area contributed by atoms with Crippen LogP contribution in [0.2, 0.25) is 0 Å². The van der Waals surface area contributed by atoms with Crippen LogP contribution in [0.4, 0.5) is 0 Å². The lowest BCUT2D eigenvalue weighted by atomic mass is 9.94. The highest BCUT2D eigenvalue weighted by molar-refractivity contribution is 5.94. The zero-order valence-electron chi connectivity index (χ0n) is 17.3. The number of aliphatic carboxylic acids is 1. The lowest BCUT2D eigenvalue weighted by Crippen LogP contribution is -2.47. The summed E-state index contributed by atoms with van der Waals surface area (Å²) in [5, 5.41) is 23.0. The number of amides is 2. The molecule has 0 saturated heterocycles. The van der Waals surface area contributed by atoms with Crippen molar-refractivity contribution in [2.75, 3.05) is 13.2 Å². The van der Waals surface area contributed by atoms with Crippen molar-refractivity contribution < 1.29 is 34.2 Å². The van der Waals surface area contributed by atoms with Gasteiger partial charge >= 0.3 is 5.97 Å². The fourth-order valence-electron chi connectivity index (χ4n) is 2.68. The Labute approximate surface area is 170 Å². The molecular weight excluding hydrogens is 382 g/mol. The van der Waals surface area contributed by atoms with Gasteiger partial charge in [-0.15, -0.1) is 0 Å². The van der Waals surface area contributed by atoms with E-state index in [1.54, 1.807) is 0 Å². The predicted octanol–water partition coefficient (Wildman–Crippen LogP) is -0.628. The third kappa shape index (κ3) is 10.7. The van der Waals surface area contributed by atoms with Gasteiger partial charge in [0.1, 0.15) is 17.9 Å². The van der Waals surface area contributed by atoms with E-state index in [2.05, 4.69) is 10.6 Å². The SMILES string of the molecule is CC(=O)C[C@@H](CCCCN)C(=O)N[C@@H](CO)C(=O)C[C@@H](C)C(=O)N[C@@H](C)C(=O)O. The van der Waals surface area contributed by atoms with Crippen molar-refractivity contribution in [3.05, 3.63) is 0 Å². The smallest absolute Gasteiger partial charge is 0.325 e. The lowest BCUT2D eigenvalue weighted by Gasteiger charge is -2.21. The van der Waals surface area contributed by atoms with Crippen LogP contribution in [0.15, 0.2) is 0 Å². The summed E-state index contributed by atoms with van der Waals surface area (Å²) in [5.74, 6) is -4.53. The van der Waals surface area contributed by atoms with Crippen LogP contribution in [-0.4, -0.2) is 64.8 Å². The molecule has 0 aliphatic heterocycles. The second-order valence-corrected chi connectivity index (χ2v) is 7.27. The molecule has 2 amide bonds. The number of nitrogens with one attached hydrogen (secondary N) is 2. The van der Waals surface area contributed by atoms with E-state index in [1.165, 1.54) is 20.8 Å². The Kier molecular flexibility index (Phi) is 12.7. The van der Waals surface area contributed by atoms with Crippen LogP contribution in [0, 0.1) is 11.8 Å². The van der Waals surface area contributed by atoms with Gasteiger partial charge in [-0.2, -0.15) is 0 Å². The van der Waals surface area contributed by atoms with E-state index in [9.17, 15) is 29.1 Å². The Morgan fingerprint density at radius 3 is 2.07 bits per heavy atom. The number of hydrogen-bond donors (Lipinski definition) is 5. The molecule has 0 unspecified atom stereocenters. The fourth-order valence-corrected chi connectivity index (χ4v) is 2.68. The van der Waals surface area contributed by atoms with Crippen LogP contribution in [0.25, 0.3) is 0 Å². The summed E-state index contributed by atoms with van der Waals surface area (Å²) in [6.07, 6.45) is 1.52. The highest BCUT2D eigenvalue weighted by Gasteiger charge is 2.28. The van der Waals surface area contributed by atoms with E-state index in [0.717, 1.165) is 0 Å². The quantitative estimate of drug-likeness (QED) is 0.220. The highest BCUT2D eigenvalue weighted by atomic mass is 16.4. The van der Waals surface area contributed by atoms with Gasteiger partial charge in [-0.1, -0.05) is 13.3 Å². The molecule has 0 aromatic rings. The second kappa shape index (κ2) is 13.8. The number of Topliss-reactive ketones (excluding diaryl/α,β-unsaturated/α-hetero) is 2. The molecule has 29 heavy (non-hydrogen) atoms. The van der Waals surface area contributed by atoms with E-state index >= 15 is 0 Å². The fraction of sp³-hybridized carbons (Fsp3) is 0.737. The maximum Gasteiger partial charge on any atom is 0.325 e. The molecule has 0 aromatic heterocycles. The monoisotopic (exact) mass is 415 g/mol. The molecule has 0 aliphatic rings. The number of aliphatic hydroxyl groups excluding tert-OH is 1. The van der Waals surface area contributed by atoms with Crippen molar-refractivity contribution in [1.82, 2.24) is 10.6 Å². The first kappa shape index (κ1) is 26.7. The largest absolute Gasteiger partial charge is 0.480 e. The van der Waals surface area contributed by atoms with E-state index in [4.69, 9.17) is 10.8 Å². The van der Waals surface area contributed by atoms with Gasteiger partial charge in [0.2, 0.25) is 11.8 Å². The van der Waals surface area contributed by atoms with E-state index < -0.39 is 54.1 Å². The van der Waals surface area contributed by atoms with Crippen molar-refractivity contribution >= 4 is 29.4 Å². The first-order chi connectivity index (χ1) is 13.5. The lowest BCUT2D eigenvalue weighted by molar-refractivity contribution is -0.142. The van der Waals surface area contributed by atoms with E-state index in [0.29, 0.717) is 25.8 Å². The number of nitrogens with two attached hydrogens (primary N) is 1. The van der Waals surface area contributed by atoms with Crippen LogP contribution in [0.1, 0.15) is 52.9 Å². The van der Waals surface area contributed by atoms with E-state index in [-0.39, 0.29) is 18.6 Å². The van der Waals surface area contributed by atoms with Gasteiger partial charge in [0.25, 0.3) is 0 Å². The minimum Gasteiger partial charge on any atom is -0.480 e. The minimum atomic E-state index is -1.21. The van der Waals surface area contributed by atoms with E-state index in [1.807, 2.05) is 0 Å². The number of carboxylic acids is 1. The summed E-state index contributed by atoms with van der Waals surface area (Å²) in [6.45, 7) is 3.93. The standard InChI is InChI=1S/C19H33N3O7/c1-11(17(26)21-13(3)19(28)29)8-16(25)15(10-23)22-18(27)14(9-12(2)24)6-4-5-7-20/h11,13-15,23H,4-10,20H2,1-3H3,(H,21,26)(H,22,27)(H,28,29)/t11-,13+,14-,15+/m1/s1. The van der Waals surface area contributed by atoms with Gasteiger partial charge in [0.15, 0.2) is 5.78 Å². The summed E-state index contributed by atoms with van der Waals surface area (Å²) >= 11 is 0. The molecule has 0 rings (SSSR count). The molecule has 0 heterocycles. The molecule has 0 saturated carbocycles. The van der Waals surface area contributed by atoms with Crippen molar-refractivity contribution in [1.29, 1.82) is 0 Å². The van der Waals surface area contributed by atoms with Crippen LogP contribution in [-0.2, 0) is 24.0 Å². The van der Waals surface area contributed by atoms with Crippen molar-refractivity contribution in [3.63, 3.8) is 0 Å². The number of carbonyl (C=O) groups is 5. The maximum absolute atomic E-state index is 12.5. The Morgan fingerprint density at radius 1 is 0.966 bits per heavy atom. The summed E-state index contributed by atoms with van der Waals surface area (Å²) in [6, 6.07) is -2.31. The summed E-state index contributed by atoms with van der Waals surface area (Å²) < 4.78 is 0. The number of carboxylic acid groups (broad SMARTS) is 1. The molecule has 10 nitrogen and oxygen atoms in total. The number of unbranched alkanes of at least 4 members (excludes halogenated alkanes) is 1. The van der Waals surface area contributed by atoms with Crippen molar-refractivity contribution in [2.45, 2.75) is 65.0 Å². The molecule has 10 heteroatoms. The molecule has 0 aromatic carbocycles. The average molecular weight is 415 g/mol. The van der Waals surface area contributed by atoms with Gasteiger partial charge < -0.3 is 31.4 Å². The van der Waals surface area contributed by atoms with Gasteiger partial charge in [-0.25, -0.2) is 0 Å². The van der Waals surface area contributed by atoms with Gasteiger partial charge in [-0.3, -0.25) is 19.2 Å². The van der Waals surface area contributed by atoms with Gasteiger partial charge in [0, 0.05) is 24.7 Å². The Hall–Kier alpha value is -2.33. The van der Waals surface area contributed by atoms with Crippen LogP contribution >= 0.6 is 0 Å². The van der Waals surface area contributed by atoms with Gasteiger partial charge in [0.05, 0.1) is 6.61 Å². The highest BCUT2D eigenvalue weighted by Crippen LogP contribution is 2.15. The Bertz CT molecular complexity index is 594. The molecule has 166 valence electrons. The minimum absolute atomic E-state index is 0.0224. The Morgan fingerprint density at radius 2 is 1.59 bits per heavy atom. The van der Waals surface area contributed by atoms with Crippen molar-refractivity contribution in [3.8, 4) is 0 Å². The molecule has 0 bridgehead atoms. The summed E-state index contributed by atoms with van der Waals surface area (Å²) in [7, 11) is 0. The molecule has 0 fully saturated rings. The predicted molar refractivity (Wildman–Crippen MR) is 105 cm³/mol. The zero-order valence-corrected chi connectivity index (χ0v) is 17.3. The van der Waals surface area contributed by atoms with Crippen LogP contribution < -0.4 is 16.4 Å². The third-order valence-electron chi connectivity index (χ3n) is 4.48. The first-order valence-corrected chi connectivity index (χ1v) is 9.70. The normalized spacial score (nSPS) is 14.9. The number of hydrogen-bond acceptors (Lipinski definition) is 7. The molecule has 0 aliphatic carbocycles. The molecular formula is C19H33N3O7. The number of carbonyl (C=O) groups excluding carboxylic acids is 4. The average Bonchev–Trinajstić information content (AvgIpc) is 2.64. The number of aliphatic hydroxyl groups is 1. The number of ketones is 2. The summed E-state index contributed by atoms with van der Waals surface area (Å²) in [4.78, 5) is 59.1. The topological polar surface area (TPSA) is 176 Å². The van der Waals surface area contributed by atoms with Gasteiger partial charge in [-0.05, 0) is 33.2 Å². The Balaban J connectivity index is 4.89. The van der Waals surface area contributed by atoms with Crippen LogP contribution in [0.5, 0.6) is 0 Å². The molecule has 0 radical (unpaired) electrons. The van der Waals surface area contributed by atoms with Crippen LogP contribution in [0.3, 0.4) is 0 Å². The number of rotatable bonds is 15. The molecule has 0 spiro atoms. The first-order valence-electron chi connectivity index (χ1n) is 9.70. The third-order valence-corrected chi connectivity index (χ3v) is 4.48. The molecule has 4 atom stereocenters. The van der Waals surface area contributed by atoms with Crippen molar-refractivity contribution in [2.24, 2.45) is 17.6 Å². The summed E-state index contributed by atoms with van der Waals surface area (Å²) in [5.41, 5.74) is 5.44. The maximum atomic E-state index is 12.5. The molecule has 6 N–H and O–H groups in total. The zero-order chi connectivity index (χ0) is 22.6.